The number of nitrogens with zero attached hydrogens (tertiary/aromatic N) is 1. The van der Waals surface area contributed by atoms with Gasteiger partial charge >= 0.3 is 0 Å². The van der Waals surface area contributed by atoms with Crippen molar-refractivity contribution in [3.63, 3.8) is 0 Å². The van der Waals surface area contributed by atoms with Crippen molar-refractivity contribution in [2.45, 2.75) is 12.8 Å². The molecule has 2 aromatic carbocycles. The van der Waals surface area contributed by atoms with Gasteiger partial charge in [-0.1, -0.05) is 17.7 Å². The molecular weight excluding hydrogens is 410 g/mol. The van der Waals surface area contributed by atoms with E-state index in [1.54, 1.807) is 30.5 Å². The number of fused-ring (bicyclic) bond motifs is 1. The molecule has 0 saturated heterocycles. The lowest BCUT2D eigenvalue weighted by Crippen LogP contribution is -2.18. The fourth-order valence-corrected chi connectivity index (χ4v) is 3.46. The molecule has 0 aliphatic rings. The number of carbonyl (C=O) groups excluding carboxylic acids is 1. The molecule has 9 heteroatoms. The Bertz CT molecular complexity index is 1080. The molecule has 0 radical (unpaired) electrons. The van der Waals surface area contributed by atoms with Crippen LogP contribution in [0.25, 0.3) is 10.9 Å². The maximum absolute atomic E-state index is 14.4. The summed E-state index contributed by atoms with van der Waals surface area (Å²) in [6.45, 7) is 0.104. The van der Waals surface area contributed by atoms with Crippen LogP contribution in [0.15, 0.2) is 42.6 Å². The molecule has 28 heavy (non-hydrogen) atoms. The van der Waals surface area contributed by atoms with Crippen molar-refractivity contribution in [2.75, 3.05) is 6.54 Å². The van der Waals surface area contributed by atoms with Crippen LogP contribution in [-0.2, 0) is 17.7 Å². The number of nitrogens with one attached hydrogen (secondary N) is 1. The second-order valence-electron chi connectivity index (χ2n) is 5.99. The zero-order chi connectivity index (χ0) is 20.3. The molecule has 5 nitrogen and oxygen atoms in total. The van der Waals surface area contributed by atoms with Crippen molar-refractivity contribution >= 4 is 39.6 Å². The molecule has 1 heterocycles. The summed E-state index contributed by atoms with van der Waals surface area (Å²) in [5, 5.41) is 0.497. The minimum absolute atomic E-state index is 0.104. The van der Waals surface area contributed by atoms with E-state index in [0.717, 1.165) is 6.07 Å². The van der Waals surface area contributed by atoms with Crippen LogP contribution in [-0.4, -0.2) is 26.1 Å². The lowest BCUT2D eigenvalue weighted by Gasteiger charge is -2.12. The van der Waals surface area contributed by atoms with Gasteiger partial charge in [0.15, 0.2) is 17.4 Å². The predicted octanol–water partition coefficient (Wildman–Crippen LogP) is 3.71. The Morgan fingerprint density at radius 1 is 1.25 bits per heavy atom. The summed E-state index contributed by atoms with van der Waals surface area (Å²) in [7, 11) is 0. The first-order valence-electron chi connectivity index (χ1n) is 8.27. The standard InChI is InChI=1S/C19H15ClF2N2O3S/c20-17-12(4-2-8-24-28(26)27)10-14(21)18(22)16(17)19(25)13-5-6-15-11(9-13)3-1-7-23-15/h1,3,5-7,9-10,24H,2,4,8H2,(H,26,27)/p-1. The van der Waals surface area contributed by atoms with E-state index in [1.807, 2.05) is 0 Å². The molecular formula is C19H14ClF2N2O3S-. The van der Waals surface area contributed by atoms with E-state index in [9.17, 15) is 22.3 Å². The van der Waals surface area contributed by atoms with Gasteiger partial charge in [-0.3, -0.25) is 14.0 Å². The van der Waals surface area contributed by atoms with E-state index < -0.39 is 34.2 Å². The van der Waals surface area contributed by atoms with E-state index in [1.165, 1.54) is 6.07 Å². The number of benzene rings is 2. The third-order valence-corrected chi connectivity index (χ3v) is 5.04. The van der Waals surface area contributed by atoms with E-state index in [0.29, 0.717) is 17.3 Å². The summed E-state index contributed by atoms with van der Waals surface area (Å²) < 4.78 is 51.6. The third-order valence-electron chi connectivity index (χ3n) is 4.17. The first-order chi connectivity index (χ1) is 13.4. The summed E-state index contributed by atoms with van der Waals surface area (Å²) in [5.74, 6) is -3.25. The number of hydrogen-bond donors (Lipinski definition) is 1. The summed E-state index contributed by atoms with van der Waals surface area (Å²) in [6.07, 6.45) is 2.08. The van der Waals surface area contributed by atoms with Crippen LogP contribution in [0.4, 0.5) is 8.78 Å². The molecule has 0 fully saturated rings. The topological polar surface area (TPSA) is 82.1 Å². The number of carbonyl (C=O) groups is 1. The number of pyridine rings is 1. The van der Waals surface area contributed by atoms with Gasteiger partial charge in [-0.15, -0.1) is 0 Å². The maximum atomic E-state index is 14.4. The highest BCUT2D eigenvalue weighted by atomic mass is 35.5. The maximum Gasteiger partial charge on any atom is 0.197 e. The third kappa shape index (κ3) is 4.41. The lowest BCUT2D eigenvalue weighted by molar-refractivity contribution is 0.103. The number of rotatable bonds is 7. The van der Waals surface area contributed by atoms with E-state index >= 15 is 0 Å². The van der Waals surface area contributed by atoms with Crippen molar-refractivity contribution in [1.82, 2.24) is 9.71 Å². The van der Waals surface area contributed by atoms with E-state index in [4.69, 9.17) is 11.6 Å². The van der Waals surface area contributed by atoms with Gasteiger partial charge in [0.25, 0.3) is 0 Å². The van der Waals surface area contributed by atoms with Crippen molar-refractivity contribution in [2.24, 2.45) is 0 Å². The lowest BCUT2D eigenvalue weighted by atomic mass is 9.97. The zero-order valence-corrected chi connectivity index (χ0v) is 15.9. The molecule has 1 atom stereocenters. The summed E-state index contributed by atoms with van der Waals surface area (Å²) >= 11 is 3.80. The van der Waals surface area contributed by atoms with Gasteiger partial charge in [0.05, 0.1) is 16.1 Å². The number of aromatic nitrogens is 1. The van der Waals surface area contributed by atoms with Crippen LogP contribution in [0.1, 0.15) is 27.9 Å². The normalized spacial score (nSPS) is 12.3. The van der Waals surface area contributed by atoms with Gasteiger partial charge in [-0.05, 0) is 48.7 Å². The van der Waals surface area contributed by atoms with Crippen molar-refractivity contribution in [3.05, 3.63) is 75.9 Å². The predicted molar refractivity (Wildman–Crippen MR) is 102 cm³/mol. The summed E-state index contributed by atoms with van der Waals surface area (Å²) in [4.78, 5) is 17.0. The monoisotopic (exact) mass is 423 g/mol. The minimum Gasteiger partial charge on any atom is -0.760 e. The van der Waals surface area contributed by atoms with Gasteiger partial charge in [-0.2, -0.15) is 0 Å². The SMILES string of the molecule is O=C(c1ccc2ncccc2c1)c1c(F)c(F)cc(CCCNS(=O)[O-])c1Cl. The fourth-order valence-electron chi connectivity index (χ4n) is 2.83. The van der Waals surface area contributed by atoms with Crippen LogP contribution >= 0.6 is 11.6 Å². The van der Waals surface area contributed by atoms with Crippen LogP contribution in [0.2, 0.25) is 5.02 Å². The highest BCUT2D eigenvalue weighted by Crippen LogP contribution is 2.30. The number of aryl methyl sites for hydroxylation is 1. The molecule has 0 aliphatic heterocycles. The Labute approximate surface area is 167 Å². The Morgan fingerprint density at radius 3 is 2.79 bits per heavy atom. The molecule has 0 bridgehead atoms. The minimum atomic E-state index is -2.41. The number of hydrogen-bond acceptors (Lipinski definition) is 4. The number of halogens is 3. The molecule has 0 aliphatic carbocycles. The van der Waals surface area contributed by atoms with Crippen LogP contribution in [0.5, 0.6) is 0 Å². The zero-order valence-electron chi connectivity index (χ0n) is 14.4. The average Bonchev–Trinajstić information content (AvgIpc) is 2.68. The van der Waals surface area contributed by atoms with Gasteiger partial charge in [0, 0.05) is 35.0 Å². The second kappa shape index (κ2) is 8.83. The van der Waals surface area contributed by atoms with Gasteiger partial charge in [0.1, 0.15) is 0 Å². The highest BCUT2D eigenvalue weighted by Gasteiger charge is 2.24. The first-order valence-corrected chi connectivity index (χ1v) is 9.72. The molecule has 146 valence electrons. The fraction of sp³-hybridized carbons (Fsp3) is 0.158. The van der Waals surface area contributed by atoms with Gasteiger partial charge in [-0.25, -0.2) is 13.5 Å². The molecule has 0 amide bonds. The Balaban J connectivity index is 1.94. The smallest absolute Gasteiger partial charge is 0.197 e. The average molecular weight is 424 g/mol. The molecule has 3 aromatic rings. The Morgan fingerprint density at radius 2 is 2.04 bits per heavy atom. The summed E-state index contributed by atoms with van der Waals surface area (Å²) in [6, 6.07) is 9.01. The molecule has 1 N–H and O–H groups in total. The summed E-state index contributed by atoms with van der Waals surface area (Å²) in [5.41, 5.74) is 0.500. The van der Waals surface area contributed by atoms with E-state index in [2.05, 4.69) is 9.71 Å². The van der Waals surface area contributed by atoms with Crippen LogP contribution in [0, 0.1) is 11.6 Å². The van der Waals surface area contributed by atoms with Crippen molar-refractivity contribution < 1.29 is 22.3 Å². The van der Waals surface area contributed by atoms with Crippen molar-refractivity contribution in [1.29, 1.82) is 0 Å². The molecule has 0 saturated carbocycles. The Kier molecular flexibility index (Phi) is 6.46. The van der Waals surface area contributed by atoms with Gasteiger partial charge < -0.3 is 4.55 Å². The van der Waals surface area contributed by atoms with E-state index in [-0.39, 0.29) is 29.1 Å². The number of ketones is 1. The second-order valence-corrected chi connectivity index (χ2v) is 7.13. The van der Waals surface area contributed by atoms with Crippen LogP contribution < -0.4 is 4.72 Å². The molecule has 1 unspecified atom stereocenters. The molecule has 1 aromatic heterocycles. The first kappa shape index (κ1) is 20.5. The highest BCUT2D eigenvalue weighted by molar-refractivity contribution is 7.77. The van der Waals surface area contributed by atoms with Crippen LogP contribution in [0.3, 0.4) is 0 Å². The quantitative estimate of drug-likeness (QED) is 0.272. The largest absolute Gasteiger partial charge is 0.760 e. The van der Waals surface area contributed by atoms with Crippen molar-refractivity contribution in [3.8, 4) is 0 Å². The Hall–Kier alpha value is -2.26. The molecule has 3 rings (SSSR count). The van der Waals surface area contributed by atoms with Gasteiger partial charge in [0.2, 0.25) is 0 Å². The molecule has 0 spiro atoms.